The van der Waals surface area contributed by atoms with Gasteiger partial charge in [-0.2, -0.15) is 0 Å². The fourth-order valence-electron chi connectivity index (χ4n) is 3.22. The van der Waals surface area contributed by atoms with Crippen LogP contribution in [0.4, 0.5) is 5.69 Å². The molecule has 0 heterocycles. The second kappa shape index (κ2) is 10.3. The van der Waals surface area contributed by atoms with Crippen LogP contribution in [0.3, 0.4) is 0 Å². The van der Waals surface area contributed by atoms with E-state index in [0.717, 1.165) is 22.4 Å². The molecule has 1 unspecified atom stereocenters. The molecule has 3 rings (SSSR count). The van der Waals surface area contributed by atoms with Crippen LogP contribution in [0.2, 0.25) is 0 Å². The SMILES string of the molecule is COC(=O)C(c1ccccc1)c1ccc(N(C)CC(=O)OCc2ccccc2)cc1. The molecule has 0 aliphatic carbocycles. The molecular formula is C25H25NO4. The number of carbonyl (C=O) groups excluding carboxylic acids is 2. The van der Waals surface area contributed by atoms with Gasteiger partial charge in [0.05, 0.1) is 7.11 Å². The number of anilines is 1. The molecule has 154 valence electrons. The maximum atomic E-state index is 12.4. The Bertz CT molecular complexity index is 955. The molecule has 5 nitrogen and oxygen atoms in total. The molecule has 0 bridgehead atoms. The Labute approximate surface area is 176 Å². The predicted molar refractivity (Wildman–Crippen MR) is 116 cm³/mol. The topological polar surface area (TPSA) is 55.8 Å². The van der Waals surface area contributed by atoms with Gasteiger partial charge < -0.3 is 14.4 Å². The van der Waals surface area contributed by atoms with Crippen molar-refractivity contribution in [2.45, 2.75) is 12.5 Å². The first-order valence-corrected chi connectivity index (χ1v) is 9.72. The molecule has 30 heavy (non-hydrogen) atoms. The maximum absolute atomic E-state index is 12.4. The van der Waals surface area contributed by atoms with Crippen molar-refractivity contribution < 1.29 is 19.1 Å². The van der Waals surface area contributed by atoms with E-state index in [2.05, 4.69) is 0 Å². The highest BCUT2D eigenvalue weighted by Crippen LogP contribution is 2.27. The van der Waals surface area contributed by atoms with Crippen molar-refractivity contribution in [3.05, 3.63) is 102 Å². The number of benzene rings is 3. The van der Waals surface area contributed by atoms with E-state index in [0.29, 0.717) is 0 Å². The number of methoxy groups -OCH3 is 1. The van der Waals surface area contributed by atoms with Gasteiger partial charge in [-0.25, -0.2) is 0 Å². The molecule has 0 aliphatic heterocycles. The van der Waals surface area contributed by atoms with E-state index >= 15 is 0 Å². The smallest absolute Gasteiger partial charge is 0.325 e. The summed E-state index contributed by atoms with van der Waals surface area (Å²) in [4.78, 5) is 26.3. The van der Waals surface area contributed by atoms with Gasteiger partial charge in [0.2, 0.25) is 0 Å². The number of rotatable bonds is 8. The second-order valence-electron chi connectivity index (χ2n) is 6.96. The molecule has 0 fully saturated rings. The maximum Gasteiger partial charge on any atom is 0.325 e. The van der Waals surface area contributed by atoms with Gasteiger partial charge in [0.25, 0.3) is 0 Å². The summed E-state index contributed by atoms with van der Waals surface area (Å²) in [5, 5.41) is 0. The third-order valence-corrected chi connectivity index (χ3v) is 4.85. The van der Waals surface area contributed by atoms with Gasteiger partial charge in [-0.15, -0.1) is 0 Å². The zero-order valence-electron chi connectivity index (χ0n) is 17.2. The van der Waals surface area contributed by atoms with Crippen molar-refractivity contribution in [3.63, 3.8) is 0 Å². The highest BCUT2D eigenvalue weighted by Gasteiger charge is 2.23. The van der Waals surface area contributed by atoms with Crippen LogP contribution >= 0.6 is 0 Å². The molecular weight excluding hydrogens is 378 g/mol. The van der Waals surface area contributed by atoms with E-state index in [9.17, 15) is 9.59 Å². The molecule has 3 aromatic rings. The third kappa shape index (κ3) is 5.47. The monoisotopic (exact) mass is 403 g/mol. The standard InChI is InChI=1S/C25H25NO4/c1-26(17-23(27)30-18-19-9-5-3-6-10-19)22-15-13-21(14-16-22)24(25(28)29-2)20-11-7-4-8-12-20/h3-16,24H,17-18H2,1-2H3. The second-order valence-corrected chi connectivity index (χ2v) is 6.96. The molecule has 0 N–H and O–H groups in total. The number of likely N-dealkylation sites (N-methyl/N-ethyl adjacent to an activating group) is 1. The van der Waals surface area contributed by atoms with E-state index in [1.54, 1.807) is 0 Å². The summed E-state index contributed by atoms with van der Waals surface area (Å²) in [6, 6.07) is 26.6. The lowest BCUT2D eigenvalue weighted by atomic mass is 9.91. The van der Waals surface area contributed by atoms with E-state index in [1.165, 1.54) is 7.11 Å². The highest BCUT2D eigenvalue weighted by atomic mass is 16.5. The van der Waals surface area contributed by atoms with E-state index in [4.69, 9.17) is 9.47 Å². The van der Waals surface area contributed by atoms with Crippen LogP contribution in [0.25, 0.3) is 0 Å². The van der Waals surface area contributed by atoms with Crippen molar-refractivity contribution in [3.8, 4) is 0 Å². The van der Waals surface area contributed by atoms with Crippen LogP contribution in [0, 0.1) is 0 Å². The first-order valence-electron chi connectivity index (χ1n) is 9.72. The zero-order chi connectivity index (χ0) is 21.3. The summed E-state index contributed by atoms with van der Waals surface area (Å²) in [6.45, 7) is 0.385. The number of esters is 2. The molecule has 0 radical (unpaired) electrons. The molecule has 0 amide bonds. The van der Waals surface area contributed by atoms with E-state index in [-0.39, 0.29) is 25.1 Å². The van der Waals surface area contributed by atoms with Crippen molar-refractivity contribution >= 4 is 17.6 Å². The minimum absolute atomic E-state index is 0.130. The molecule has 0 saturated carbocycles. The summed E-state index contributed by atoms with van der Waals surface area (Å²) < 4.78 is 10.3. The van der Waals surface area contributed by atoms with Gasteiger partial charge >= 0.3 is 11.9 Å². The molecule has 0 saturated heterocycles. The van der Waals surface area contributed by atoms with Crippen LogP contribution in [0.1, 0.15) is 22.6 Å². The number of carbonyl (C=O) groups is 2. The number of nitrogens with zero attached hydrogens (tertiary/aromatic N) is 1. The zero-order valence-corrected chi connectivity index (χ0v) is 17.2. The summed E-state index contributed by atoms with van der Waals surface area (Å²) in [5.41, 5.74) is 3.51. The lowest BCUT2D eigenvalue weighted by Gasteiger charge is -2.20. The Balaban J connectivity index is 1.65. The van der Waals surface area contributed by atoms with Gasteiger partial charge in [-0.3, -0.25) is 9.59 Å². The van der Waals surface area contributed by atoms with Crippen LogP contribution in [-0.4, -0.2) is 32.6 Å². The first kappa shape index (κ1) is 21.1. The first-order chi connectivity index (χ1) is 14.6. The normalized spacial score (nSPS) is 11.4. The van der Waals surface area contributed by atoms with Crippen LogP contribution in [0.15, 0.2) is 84.9 Å². The fraction of sp³-hybridized carbons (Fsp3) is 0.200. The van der Waals surface area contributed by atoms with E-state index < -0.39 is 5.92 Å². The largest absolute Gasteiger partial charge is 0.468 e. The molecule has 3 aromatic carbocycles. The molecule has 1 atom stereocenters. The third-order valence-electron chi connectivity index (χ3n) is 4.85. The van der Waals surface area contributed by atoms with Crippen molar-refractivity contribution in [2.24, 2.45) is 0 Å². The van der Waals surface area contributed by atoms with Crippen LogP contribution < -0.4 is 4.90 Å². The summed E-state index contributed by atoms with van der Waals surface area (Å²) >= 11 is 0. The number of hydrogen-bond donors (Lipinski definition) is 0. The van der Waals surface area contributed by atoms with Crippen molar-refractivity contribution in [2.75, 3.05) is 25.6 Å². The Kier molecular flexibility index (Phi) is 7.22. The van der Waals surface area contributed by atoms with Crippen LogP contribution in [-0.2, 0) is 25.7 Å². The Morgan fingerprint density at radius 3 is 2.00 bits per heavy atom. The Morgan fingerprint density at radius 1 is 0.833 bits per heavy atom. The minimum Gasteiger partial charge on any atom is -0.468 e. The summed E-state index contributed by atoms with van der Waals surface area (Å²) in [6.07, 6.45) is 0. The fourth-order valence-corrected chi connectivity index (χ4v) is 3.22. The van der Waals surface area contributed by atoms with Gasteiger partial charge in [-0.05, 0) is 28.8 Å². The number of ether oxygens (including phenoxy) is 2. The van der Waals surface area contributed by atoms with Gasteiger partial charge in [-0.1, -0.05) is 72.8 Å². The summed E-state index contributed by atoms with van der Waals surface area (Å²) in [7, 11) is 3.22. The minimum atomic E-state index is -0.494. The van der Waals surface area contributed by atoms with Gasteiger partial charge in [0.15, 0.2) is 0 Å². The predicted octanol–water partition coefficient (Wildman–Crippen LogP) is 4.17. The lowest BCUT2D eigenvalue weighted by Crippen LogP contribution is -2.27. The van der Waals surface area contributed by atoms with Gasteiger partial charge in [0, 0.05) is 12.7 Å². The summed E-state index contributed by atoms with van der Waals surface area (Å²) in [5.74, 6) is -1.11. The quantitative estimate of drug-likeness (QED) is 0.529. The van der Waals surface area contributed by atoms with E-state index in [1.807, 2.05) is 96.9 Å². The average Bonchev–Trinajstić information content (AvgIpc) is 2.79. The number of hydrogen-bond acceptors (Lipinski definition) is 5. The average molecular weight is 403 g/mol. The van der Waals surface area contributed by atoms with Crippen LogP contribution in [0.5, 0.6) is 0 Å². The highest BCUT2D eigenvalue weighted by molar-refractivity contribution is 5.82. The molecule has 0 spiro atoms. The molecule has 0 aliphatic rings. The van der Waals surface area contributed by atoms with Crippen molar-refractivity contribution in [1.29, 1.82) is 0 Å². The molecule has 5 heteroatoms. The molecule has 0 aromatic heterocycles. The Morgan fingerprint density at radius 2 is 1.40 bits per heavy atom. The Hall–Kier alpha value is -3.60. The van der Waals surface area contributed by atoms with Gasteiger partial charge in [0.1, 0.15) is 19.1 Å². The van der Waals surface area contributed by atoms with Crippen molar-refractivity contribution in [1.82, 2.24) is 0 Å². The lowest BCUT2D eigenvalue weighted by molar-refractivity contribution is -0.143.